The minimum atomic E-state index is -1.14. The standard InChI is InChI=1S/C65H106N2O19/c1-42-45(4)58(36-81-51(10)68)84-62(48(42)7)78-29-18-16-23-55(71)25-32-75-39-65(67-35-57(73)54-21-14-13-15-22-54,40-76-33-26-56(72)24-17-19-30-79-63-49(8)43(2)46(5)59(85-63)37-82-52(11)69)41-77-34-27-61(74)66-28-20-31-80-64-50(9)44(3)47(6)60(86-64)38-83-53(12)70/h13-15,21-22,42-50,58-60,62-64,67H,16-20,23-41H2,1-12H3,(H,66,74)/t42-,43-,44-,45+,46+,47+,48?,49?,50?,58?,59?,60?,62+,63+,64+,65?/m0/s1. The summed E-state index contributed by atoms with van der Waals surface area (Å²) in [6, 6.07) is 8.85. The van der Waals surface area contributed by atoms with Gasteiger partial charge in [-0.1, -0.05) is 92.6 Å². The number of hydrogen-bond acceptors (Lipinski definition) is 20. The number of Topliss-reactive ketones (excluding diaryl/α,β-unsaturated/α-hetero) is 3. The first-order chi connectivity index (χ1) is 41.0. The Morgan fingerprint density at radius 1 is 0.442 bits per heavy atom. The van der Waals surface area contributed by atoms with Crippen molar-refractivity contribution in [3.8, 4) is 0 Å². The summed E-state index contributed by atoms with van der Waals surface area (Å²) in [5.41, 5.74) is -0.639. The van der Waals surface area contributed by atoms with Gasteiger partial charge in [0.15, 0.2) is 24.7 Å². The molecule has 0 bridgehead atoms. The smallest absolute Gasteiger partial charge is 0.302 e. The topological polar surface area (TPSA) is 254 Å². The molecule has 0 saturated carbocycles. The number of ether oxygens (including phenoxy) is 12. The third-order valence-corrected chi connectivity index (χ3v) is 17.9. The van der Waals surface area contributed by atoms with Gasteiger partial charge in [-0.05, 0) is 67.6 Å². The van der Waals surface area contributed by atoms with Crippen LogP contribution in [0.25, 0.3) is 0 Å². The van der Waals surface area contributed by atoms with Crippen molar-refractivity contribution < 1.29 is 90.4 Å². The second-order valence-corrected chi connectivity index (χ2v) is 24.4. The van der Waals surface area contributed by atoms with Crippen molar-refractivity contribution >= 4 is 41.2 Å². The van der Waals surface area contributed by atoms with E-state index in [1.165, 1.54) is 20.8 Å². The Hall–Kier alpha value is -4.29. The van der Waals surface area contributed by atoms with Crippen LogP contribution in [0.15, 0.2) is 30.3 Å². The minimum absolute atomic E-state index is 0.0149. The molecule has 0 spiro atoms. The van der Waals surface area contributed by atoms with Crippen LogP contribution >= 0.6 is 0 Å². The summed E-state index contributed by atoms with van der Waals surface area (Å²) in [6.07, 6.45) is 1.82. The predicted molar refractivity (Wildman–Crippen MR) is 319 cm³/mol. The maximum atomic E-state index is 13.6. The Balaban J connectivity index is 1.31. The van der Waals surface area contributed by atoms with E-state index in [0.29, 0.717) is 76.9 Å². The number of benzene rings is 1. The largest absolute Gasteiger partial charge is 0.463 e. The summed E-state index contributed by atoms with van der Waals surface area (Å²) in [4.78, 5) is 87.4. The molecule has 3 aliphatic rings. The molecular formula is C65H106N2O19. The van der Waals surface area contributed by atoms with Crippen LogP contribution in [0.3, 0.4) is 0 Å². The third-order valence-electron chi connectivity index (χ3n) is 17.9. The van der Waals surface area contributed by atoms with E-state index in [-0.39, 0.29) is 198 Å². The first-order valence-corrected chi connectivity index (χ1v) is 31.6. The Bertz CT molecular complexity index is 1990. The molecule has 0 radical (unpaired) electrons. The van der Waals surface area contributed by atoms with E-state index in [4.69, 9.17) is 56.8 Å². The zero-order valence-electron chi connectivity index (χ0n) is 53.8. The molecule has 1 aromatic carbocycles. The first-order valence-electron chi connectivity index (χ1n) is 31.6. The summed E-state index contributed by atoms with van der Waals surface area (Å²) in [6.45, 7) is 25.1. The highest BCUT2D eigenvalue weighted by Crippen LogP contribution is 2.38. The van der Waals surface area contributed by atoms with Gasteiger partial charge in [0, 0.05) is 96.0 Å². The van der Waals surface area contributed by atoms with Gasteiger partial charge in [0.2, 0.25) is 5.91 Å². The summed E-state index contributed by atoms with van der Waals surface area (Å²) >= 11 is 0. The molecule has 1 aromatic rings. The van der Waals surface area contributed by atoms with E-state index in [2.05, 4.69) is 72.9 Å². The van der Waals surface area contributed by atoms with Gasteiger partial charge in [-0.3, -0.25) is 38.9 Å². The summed E-state index contributed by atoms with van der Waals surface area (Å²) < 4.78 is 71.4. The maximum Gasteiger partial charge on any atom is 0.302 e. The van der Waals surface area contributed by atoms with Crippen molar-refractivity contribution in [1.29, 1.82) is 0 Å². The number of carbonyl (C=O) groups excluding carboxylic acids is 7. The molecule has 3 heterocycles. The third kappa shape index (κ3) is 26.4. The molecule has 0 aliphatic carbocycles. The van der Waals surface area contributed by atoms with Gasteiger partial charge in [-0.25, -0.2) is 0 Å². The highest BCUT2D eigenvalue weighted by atomic mass is 16.7. The molecule has 3 aliphatic heterocycles. The van der Waals surface area contributed by atoms with Crippen molar-refractivity contribution in [3.05, 3.63) is 35.9 Å². The number of amides is 1. The van der Waals surface area contributed by atoms with Crippen LogP contribution in [-0.4, -0.2) is 176 Å². The number of esters is 3. The Kier molecular flexibility index (Phi) is 34.2. The Morgan fingerprint density at radius 2 is 0.814 bits per heavy atom. The predicted octanol–water partition coefficient (Wildman–Crippen LogP) is 8.04. The molecule has 4 rings (SSSR count). The fourth-order valence-corrected chi connectivity index (χ4v) is 10.9. The van der Waals surface area contributed by atoms with Crippen LogP contribution in [0.1, 0.15) is 158 Å². The van der Waals surface area contributed by atoms with E-state index >= 15 is 0 Å². The van der Waals surface area contributed by atoms with E-state index < -0.39 is 24.4 Å². The lowest BCUT2D eigenvalue weighted by Crippen LogP contribution is -2.58. The number of rotatable bonds is 42. The van der Waals surface area contributed by atoms with Crippen molar-refractivity contribution in [2.24, 2.45) is 53.3 Å². The molecule has 86 heavy (non-hydrogen) atoms. The van der Waals surface area contributed by atoms with Crippen molar-refractivity contribution in [3.63, 3.8) is 0 Å². The fourth-order valence-electron chi connectivity index (χ4n) is 10.9. The summed E-state index contributed by atoms with van der Waals surface area (Å²) in [5.74, 6) is 0.313. The molecule has 2 N–H and O–H groups in total. The van der Waals surface area contributed by atoms with Gasteiger partial charge in [-0.15, -0.1) is 0 Å². The number of unbranched alkanes of at least 4 members (excludes halogenated alkanes) is 2. The molecule has 6 unspecified atom stereocenters. The van der Waals surface area contributed by atoms with Crippen LogP contribution in [0, 0.1) is 53.3 Å². The minimum Gasteiger partial charge on any atom is -0.463 e. The van der Waals surface area contributed by atoms with Gasteiger partial charge in [0.1, 0.15) is 31.4 Å². The second-order valence-electron chi connectivity index (χ2n) is 24.4. The number of hydrogen-bond donors (Lipinski definition) is 2. The average Bonchev–Trinajstić information content (AvgIpc) is 2.12. The Labute approximate surface area is 512 Å². The van der Waals surface area contributed by atoms with E-state index in [0.717, 1.165) is 0 Å². The summed E-state index contributed by atoms with van der Waals surface area (Å²) in [5, 5.41) is 6.28. The molecule has 0 aromatic heterocycles. The number of nitrogens with one attached hydrogen (secondary N) is 2. The SMILES string of the molecule is CC(=O)OCC1O[C@@H](OCCCCC(=O)CCOCC(COCCC(=O)CCCCO[C@@H]2OC(COC(C)=O)[C@H](C)[C@H](C)C2C)(COCCC(=O)NCCCO[C@@H]2OC(COC(C)=O)[C@H](C)[C@H](C)C2C)NCC(=O)c2ccccc2)C(C)[C@@H](C)[C@H]1C. The second kappa shape index (κ2) is 39.7. The van der Waals surface area contributed by atoms with Crippen LogP contribution < -0.4 is 10.6 Å². The molecule has 3 fully saturated rings. The lowest BCUT2D eigenvalue weighted by molar-refractivity contribution is -0.255. The zero-order valence-corrected chi connectivity index (χ0v) is 53.8. The highest BCUT2D eigenvalue weighted by molar-refractivity contribution is 5.97. The monoisotopic (exact) mass is 1220 g/mol. The lowest BCUT2D eigenvalue weighted by Gasteiger charge is -2.43. The van der Waals surface area contributed by atoms with E-state index in [1.807, 2.05) is 6.07 Å². The maximum absolute atomic E-state index is 13.6. The first kappa shape index (κ1) is 74.2. The van der Waals surface area contributed by atoms with Crippen LogP contribution in [0.2, 0.25) is 0 Å². The Morgan fingerprint density at radius 3 is 1.20 bits per heavy atom. The normalized spacial score (nSPS) is 28.2. The lowest BCUT2D eigenvalue weighted by atomic mass is 9.79. The van der Waals surface area contributed by atoms with Gasteiger partial charge in [-0.2, -0.15) is 0 Å². The highest BCUT2D eigenvalue weighted by Gasteiger charge is 2.43. The quantitative estimate of drug-likeness (QED) is 0.0272. The van der Waals surface area contributed by atoms with Gasteiger partial charge in [0.25, 0.3) is 0 Å². The summed E-state index contributed by atoms with van der Waals surface area (Å²) in [7, 11) is 0. The molecule has 1 amide bonds. The molecule has 490 valence electrons. The van der Waals surface area contributed by atoms with Gasteiger partial charge < -0.3 is 62.2 Å². The van der Waals surface area contributed by atoms with Crippen molar-refractivity contribution in [1.82, 2.24) is 10.6 Å². The van der Waals surface area contributed by atoms with E-state index in [9.17, 15) is 33.6 Å². The molecule has 3 saturated heterocycles. The van der Waals surface area contributed by atoms with Crippen molar-refractivity contribution in [2.75, 3.05) is 92.4 Å². The molecule has 21 heteroatoms. The van der Waals surface area contributed by atoms with Crippen LogP contribution in [-0.2, 0) is 85.6 Å². The fraction of sp³-hybridized carbons (Fsp3) is 0.800. The van der Waals surface area contributed by atoms with Gasteiger partial charge >= 0.3 is 17.9 Å². The van der Waals surface area contributed by atoms with Crippen LogP contribution in [0.4, 0.5) is 0 Å². The molecule has 15 atom stereocenters. The number of ketones is 3. The zero-order chi connectivity index (χ0) is 63.2. The average molecular weight is 1220 g/mol. The number of carbonyl (C=O) groups is 7. The molecular weight excluding hydrogens is 1110 g/mol. The van der Waals surface area contributed by atoms with Gasteiger partial charge in [0.05, 0.1) is 76.6 Å². The van der Waals surface area contributed by atoms with E-state index in [1.54, 1.807) is 24.3 Å². The van der Waals surface area contributed by atoms with Crippen LogP contribution in [0.5, 0.6) is 0 Å². The van der Waals surface area contributed by atoms with Crippen molar-refractivity contribution in [2.45, 2.75) is 190 Å². The molecule has 21 nitrogen and oxygen atoms in total.